The van der Waals surface area contributed by atoms with E-state index in [0.717, 1.165) is 42.9 Å². The average Bonchev–Trinajstić information content (AvgIpc) is 2.87. The van der Waals surface area contributed by atoms with Crippen LogP contribution in [0.5, 0.6) is 0 Å². The molecule has 0 aliphatic heterocycles. The van der Waals surface area contributed by atoms with Gasteiger partial charge >= 0.3 is 0 Å². The van der Waals surface area contributed by atoms with Gasteiger partial charge in [0.05, 0.1) is 54.2 Å². The second-order valence-corrected chi connectivity index (χ2v) is 12.2. The van der Waals surface area contributed by atoms with Gasteiger partial charge in [-0.25, -0.2) is 0 Å². The van der Waals surface area contributed by atoms with Crippen molar-refractivity contribution in [3.05, 3.63) is 0 Å². The first-order valence-corrected chi connectivity index (χ1v) is 15.5. The first kappa shape index (κ1) is 37.8. The lowest BCUT2D eigenvalue weighted by Crippen LogP contribution is -3.00. The van der Waals surface area contributed by atoms with Crippen LogP contribution in [0.3, 0.4) is 0 Å². The molecule has 1 rings (SSSR count). The molecule has 0 radical (unpaired) electrons. The molecule has 1 fully saturated rings. The maximum absolute atomic E-state index is 11.0. The SMILES string of the molecule is CC(C=O)OC(COCCCCCCCCCCCCC1CCCCC1)COCCOCC[N+](C)(C)C.[Cl-]. The van der Waals surface area contributed by atoms with Crippen molar-refractivity contribution in [2.75, 3.05) is 67.3 Å². The predicted octanol–water partition coefficient (Wildman–Crippen LogP) is 3.59. The van der Waals surface area contributed by atoms with Crippen LogP contribution in [-0.2, 0) is 23.7 Å². The maximum atomic E-state index is 11.0. The van der Waals surface area contributed by atoms with E-state index in [2.05, 4.69) is 21.1 Å². The van der Waals surface area contributed by atoms with Gasteiger partial charge in [0.2, 0.25) is 0 Å². The number of unbranched alkanes of at least 4 members (excludes halogenated alkanes) is 9. The number of halogens is 1. The van der Waals surface area contributed by atoms with E-state index >= 15 is 0 Å². The van der Waals surface area contributed by atoms with Gasteiger partial charge < -0.3 is 40.6 Å². The van der Waals surface area contributed by atoms with E-state index in [4.69, 9.17) is 18.9 Å². The van der Waals surface area contributed by atoms with Crippen molar-refractivity contribution in [2.24, 2.45) is 5.92 Å². The Morgan fingerprint density at radius 3 is 1.82 bits per heavy atom. The quantitative estimate of drug-likeness (QED) is 0.0914. The topological polar surface area (TPSA) is 54.0 Å². The summed E-state index contributed by atoms with van der Waals surface area (Å²) in [6.45, 7) is 6.15. The summed E-state index contributed by atoms with van der Waals surface area (Å²) in [5, 5.41) is 0. The van der Waals surface area contributed by atoms with Gasteiger partial charge in [0.15, 0.2) is 0 Å². The van der Waals surface area contributed by atoms with Crippen molar-refractivity contribution in [1.29, 1.82) is 0 Å². The summed E-state index contributed by atoms with van der Waals surface area (Å²) >= 11 is 0. The minimum atomic E-state index is -0.449. The second-order valence-electron chi connectivity index (χ2n) is 12.2. The third-order valence-corrected chi connectivity index (χ3v) is 7.36. The summed E-state index contributed by atoms with van der Waals surface area (Å²) in [4.78, 5) is 11.0. The fraction of sp³-hybridized carbons (Fsp3) is 0.968. The van der Waals surface area contributed by atoms with E-state index in [-0.39, 0.29) is 18.5 Å². The highest BCUT2D eigenvalue weighted by atomic mass is 35.5. The lowest BCUT2D eigenvalue weighted by atomic mass is 9.85. The molecule has 0 bridgehead atoms. The molecule has 0 aromatic carbocycles. The molecular weight excluding hydrogens is 502 g/mol. The van der Waals surface area contributed by atoms with E-state index < -0.39 is 6.10 Å². The monoisotopic (exact) mass is 563 g/mol. The molecule has 0 aromatic rings. The number of nitrogens with zero attached hydrogens (tertiary/aromatic N) is 1. The Morgan fingerprint density at radius 1 is 0.711 bits per heavy atom. The van der Waals surface area contributed by atoms with Crippen molar-refractivity contribution in [3.63, 3.8) is 0 Å². The first-order valence-electron chi connectivity index (χ1n) is 15.5. The molecule has 0 amide bonds. The Labute approximate surface area is 241 Å². The van der Waals surface area contributed by atoms with E-state index in [9.17, 15) is 4.79 Å². The number of aldehydes is 1. The third kappa shape index (κ3) is 24.8. The Morgan fingerprint density at radius 2 is 1.24 bits per heavy atom. The minimum Gasteiger partial charge on any atom is -1.00 e. The molecule has 2 unspecified atom stereocenters. The summed E-state index contributed by atoms with van der Waals surface area (Å²) in [7, 11) is 6.45. The van der Waals surface area contributed by atoms with E-state index in [1.165, 1.54) is 96.3 Å². The minimum absolute atomic E-state index is 0. The van der Waals surface area contributed by atoms with Gasteiger partial charge in [0.1, 0.15) is 25.0 Å². The van der Waals surface area contributed by atoms with Crippen LogP contribution in [0.2, 0.25) is 0 Å². The van der Waals surface area contributed by atoms with Crippen LogP contribution in [0.15, 0.2) is 0 Å². The van der Waals surface area contributed by atoms with Gasteiger partial charge in [-0.1, -0.05) is 96.3 Å². The Kier molecular flexibility index (Phi) is 25.5. The summed E-state index contributed by atoms with van der Waals surface area (Å²) in [5.41, 5.74) is 0. The number of quaternary nitrogens is 1. The molecule has 0 heterocycles. The van der Waals surface area contributed by atoms with Crippen molar-refractivity contribution < 1.29 is 40.6 Å². The van der Waals surface area contributed by atoms with E-state index in [1.807, 2.05) is 0 Å². The molecule has 228 valence electrons. The van der Waals surface area contributed by atoms with Crippen LogP contribution in [-0.4, -0.2) is 90.3 Å². The maximum Gasteiger partial charge on any atom is 0.148 e. The van der Waals surface area contributed by atoms with Crippen LogP contribution in [0.1, 0.15) is 110 Å². The number of rotatable bonds is 26. The van der Waals surface area contributed by atoms with Crippen molar-refractivity contribution in [1.82, 2.24) is 0 Å². The highest BCUT2D eigenvalue weighted by Crippen LogP contribution is 2.28. The number of carbonyl (C=O) groups is 1. The molecular formula is C31H62ClNO5. The number of carbonyl (C=O) groups excluding carboxylic acids is 1. The highest BCUT2D eigenvalue weighted by Gasteiger charge is 2.14. The zero-order valence-corrected chi connectivity index (χ0v) is 26.2. The van der Waals surface area contributed by atoms with Crippen molar-refractivity contribution in [2.45, 2.75) is 122 Å². The Hall–Kier alpha value is -0.240. The molecule has 0 spiro atoms. The molecule has 38 heavy (non-hydrogen) atoms. The normalized spacial score (nSPS) is 16.2. The van der Waals surface area contributed by atoms with Gasteiger partial charge in [-0.05, 0) is 19.3 Å². The van der Waals surface area contributed by atoms with E-state index in [1.54, 1.807) is 6.92 Å². The fourth-order valence-corrected chi connectivity index (χ4v) is 4.98. The molecule has 1 saturated carbocycles. The van der Waals surface area contributed by atoms with Crippen LogP contribution in [0.4, 0.5) is 0 Å². The van der Waals surface area contributed by atoms with Gasteiger partial charge in [0.25, 0.3) is 0 Å². The van der Waals surface area contributed by atoms with Gasteiger partial charge in [0, 0.05) is 6.61 Å². The summed E-state index contributed by atoms with van der Waals surface area (Å²) in [5.74, 6) is 1.05. The van der Waals surface area contributed by atoms with E-state index in [0.29, 0.717) is 26.4 Å². The molecule has 6 nitrogen and oxygen atoms in total. The zero-order chi connectivity index (χ0) is 27.0. The summed E-state index contributed by atoms with van der Waals surface area (Å²) < 4.78 is 23.8. The second kappa shape index (κ2) is 25.7. The number of hydrogen-bond acceptors (Lipinski definition) is 5. The lowest BCUT2D eigenvalue weighted by molar-refractivity contribution is -0.870. The third-order valence-electron chi connectivity index (χ3n) is 7.36. The summed E-state index contributed by atoms with van der Waals surface area (Å²) in [6, 6.07) is 0. The average molecular weight is 564 g/mol. The fourth-order valence-electron chi connectivity index (χ4n) is 4.98. The molecule has 0 aromatic heterocycles. The summed E-state index contributed by atoms with van der Waals surface area (Å²) in [6.07, 6.45) is 22.5. The Balaban J connectivity index is 0.0000137. The van der Waals surface area contributed by atoms with Crippen molar-refractivity contribution >= 4 is 6.29 Å². The first-order chi connectivity index (χ1) is 17.9. The van der Waals surface area contributed by atoms with Crippen molar-refractivity contribution in [3.8, 4) is 0 Å². The molecule has 0 N–H and O–H groups in total. The molecule has 2 atom stereocenters. The Bertz CT molecular complexity index is 511. The predicted molar refractivity (Wildman–Crippen MR) is 153 cm³/mol. The highest BCUT2D eigenvalue weighted by molar-refractivity contribution is 5.55. The number of hydrogen-bond donors (Lipinski definition) is 0. The van der Waals surface area contributed by atoms with Gasteiger partial charge in [-0.3, -0.25) is 0 Å². The zero-order valence-electron chi connectivity index (χ0n) is 25.4. The van der Waals surface area contributed by atoms with Gasteiger partial charge in [-0.15, -0.1) is 0 Å². The van der Waals surface area contributed by atoms with Crippen LogP contribution >= 0.6 is 0 Å². The molecule has 1 aliphatic carbocycles. The smallest absolute Gasteiger partial charge is 0.148 e. The lowest BCUT2D eigenvalue weighted by Gasteiger charge is -2.23. The molecule has 7 heteroatoms. The largest absolute Gasteiger partial charge is 1.00 e. The van der Waals surface area contributed by atoms with Crippen LogP contribution in [0, 0.1) is 5.92 Å². The standard InChI is InChI=1S/C31H62NO5.ClH/c1-29(26-33)37-31(28-36-25-24-34-23-21-32(2,3)4)27-35-22-17-12-10-8-6-5-7-9-11-14-18-30-19-15-13-16-20-30;/h26,29-31H,5-25,27-28H2,1-4H3;1H/q+1;/p-1. The van der Waals surface area contributed by atoms with Crippen LogP contribution in [0.25, 0.3) is 0 Å². The molecule has 1 aliphatic rings. The van der Waals surface area contributed by atoms with Crippen LogP contribution < -0.4 is 12.4 Å². The molecule has 0 saturated heterocycles. The number of likely N-dealkylation sites (N-methyl/N-ethyl adjacent to an activating group) is 1. The van der Waals surface area contributed by atoms with Gasteiger partial charge in [-0.2, -0.15) is 0 Å². The number of ether oxygens (including phenoxy) is 4.